The van der Waals surface area contributed by atoms with Gasteiger partial charge in [-0.3, -0.25) is 9.80 Å². The fourth-order valence-corrected chi connectivity index (χ4v) is 4.59. The van der Waals surface area contributed by atoms with E-state index in [1.54, 1.807) is 17.7 Å². The lowest BCUT2D eigenvalue weighted by Gasteiger charge is -2.21. The zero-order valence-corrected chi connectivity index (χ0v) is 18.5. The first-order valence-electron chi connectivity index (χ1n) is 11.0. The molecule has 1 aliphatic rings. The largest absolute Gasteiger partial charge is 0.464 e. The van der Waals surface area contributed by atoms with E-state index in [-0.39, 0.29) is 11.5 Å². The lowest BCUT2D eigenvalue weighted by atomic mass is 9.92. The fraction of sp³-hybridized carbons (Fsp3) is 0.400. The minimum absolute atomic E-state index is 0.151. The molecule has 0 N–H and O–H groups in total. The van der Waals surface area contributed by atoms with Crippen LogP contribution in [0.1, 0.15) is 45.5 Å². The predicted molar refractivity (Wildman–Crippen MR) is 122 cm³/mol. The van der Waals surface area contributed by atoms with Crippen LogP contribution in [0, 0.1) is 5.92 Å². The molecule has 0 saturated carbocycles. The topological polar surface area (TPSA) is 64.2 Å². The van der Waals surface area contributed by atoms with Crippen LogP contribution < -0.4 is 10.6 Å². The van der Waals surface area contributed by atoms with Crippen LogP contribution in [0.15, 0.2) is 59.4 Å². The second-order valence-electron chi connectivity index (χ2n) is 8.40. The molecule has 1 aromatic heterocycles. The van der Waals surface area contributed by atoms with Crippen molar-refractivity contribution in [2.75, 3.05) is 11.6 Å². The van der Waals surface area contributed by atoms with Gasteiger partial charge in [0.1, 0.15) is 11.4 Å². The van der Waals surface area contributed by atoms with Crippen molar-refractivity contribution >= 4 is 16.9 Å². The van der Waals surface area contributed by atoms with Crippen LogP contribution in [0.25, 0.3) is 10.9 Å². The van der Waals surface area contributed by atoms with Gasteiger partial charge in [0, 0.05) is 6.42 Å². The number of carbonyl (C=O) groups excluding carboxylic acids is 1. The van der Waals surface area contributed by atoms with E-state index in [9.17, 15) is 9.59 Å². The molecule has 0 bridgehead atoms. The average molecular weight is 420 g/mol. The number of hydrogen-bond acceptors (Lipinski definition) is 5. The van der Waals surface area contributed by atoms with Gasteiger partial charge in [-0.15, -0.1) is 0 Å². The van der Waals surface area contributed by atoms with E-state index in [0.29, 0.717) is 42.1 Å². The molecule has 0 radical (unpaired) electrons. The van der Waals surface area contributed by atoms with E-state index in [4.69, 9.17) is 9.72 Å². The first-order chi connectivity index (χ1) is 15.0. The predicted octanol–water partition coefficient (Wildman–Crippen LogP) is 3.78. The Kier molecular flexibility index (Phi) is 5.56. The van der Waals surface area contributed by atoms with Gasteiger partial charge in [0.25, 0.3) is 5.56 Å². The molecule has 6 nitrogen and oxygen atoms in total. The van der Waals surface area contributed by atoms with Crippen LogP contribution in [-0.2, 0) is 21.5 Å². The van der Waals surface area contributed by atoms with Crippen LogP contribution in [0.4, 0.5) is 0 Å². The maximum absolute atomic E-state index is 13.7. The molecular weight excluding hydrogens is 390 g/mol. The van der Waals surface area contributed by atoms with E-state index in [1.165, 1.54) is 0 Å². The van der Waals surface area contributed by atoms with Crippen LogP contribution in [0.5, 0.6) is 0 Å². The monoisotopic (exact) mass is 419 g/mol. The highest BCUT2D eigenvalue weighted by Gasteiger charge is 2.69. The number of benzene rings is 2. The van der Waals surface area contributed by atoms with Crippen molar-refractivity contribution in [2.24, 2.45) is 5.92 Å². The summed E-state index contributed by atoms with van der Waals surface area (Å²) < 4.78 is 7.07. The van der Waals surface area contributed by atoms with Crippen LogP contribution >= 0.6 is 0 Å². The van der Waals surface area contributed by atoms with Crippen molar-refractivity contribution in [3.05, 3.63) is 76.3 Å². The smallest absolute Gasteiger partial charge is 0.333 e. The first-order valence-corrected chi connectivity index (χ1v) is 11.0. The Morgan fingerprint density at radius 3 is 2.42 bits per heavy atom. The summed E-state index contributed by atoms with van der Waals surface area (Å²) in [4.78, 5) is 31.6. The Morgan fingerprint density at radius 2 is 1.77 bits per heavy atom. The summed E-state index contributed by atoms with van der Waals surface area (Å²) in [6.45, 7) is 8.33. The molecule has 0 unspecified atom stereocenters. The number of para-hydroxylation sites is 1. The zero-order chi connectivity index (χ0) is 22.2. The van der Waals surface area contributed by atoms with Gasteiger partial charge in [0.2, 0.25) is 0 Å². The van der Waals surface area contributed by atoms with Crippen molar-refractivity contribution in [1.82, 2.24) is 9.66 Å². The van der Waals surface area contributed by atoms with Gasteiger partial charge in [-0.25, -0.2) is 14.5 Å². The summed E-state index contributed by atoms with van der Waals surface area (Å²) in [5.74, 6) is 0.649. The van der Waals surface area contributed by atoms with Gasteiger partial charge in [-0.05, 0) is 37.0 Å². The molecule has 2 atom stereocenters. The zero-order valence-electron chi connectivity index (χ0n) is 18.5. The van der Waals surface area contributed by atoms with E-state index in [0.717, 1.165) is 5.56 Å². The summed E-state index contributed by atoms with van der Waals surface area (Å²) in [6.07, 6.45) is 1.28. The Morgan fingerprint density at radius 1 is 1.10 bits per heavy atom. The average Bonchev–Trinajstić information content (AvgIpc) is 3.44. The molecule has 1 saturated heterocycles. The maximum Gasteiger partial charge on any atom is 0.333 e. The van der Waals surface area contributed by atoms with Crippen molar-refractivity contribution in [2.45, 2.75) is 52.1 Å². The third kappa shape index (κ3) is 3.40. The van der Waals surface area contributed by atoms with Gasteiger partial charge in [-0.1, -0.05) is 63.2 Å². The summed E-state index contributed by atoms with van der Waals surface area (Å²) >= 11 is 0. The standard InChI is InChI=1S/C25H29N3O3/c1-5-25(18-12-8-7-9-13-18)22(24(30)31-6-2)28(25)27-21(16-17(3)4)26-20-15-11-10-14-19(20)23(27)29/h7-15,17,22H,5-6,16H2,1-4H3/t22-,25-,28?/m0/s1. The second kappa shape index (κ2) is 8.17. The lowest BCUT2D eigenvalue weighted by Crippen LogP contribution is -2.38. The van der Waals surface area contributed by atoms with Gasteiger partial charge in [0.05, 0.1) is 17.5 Å². The summed E-state index contributed by atoms with van der Waals surface area (Å²) in [6, 6.07) is 16.7. The minimum atomic E-state index is -0.646. The molecule has 0 amide bonds. The number of rotatable bonds is 7. The van der Waals surface area contributed by atoms with Gasteiger partial charge in [-0.2, -0.15) is 0 Å². The van der Waals surface area contributed by atoms with Gasteiger partial charge >= 0.3 is 5.97 Å². The number of carbonyl (C=O) groups is 1. The number of esters is 1. The molecule has 162 valence electrons. The van der Waals surface area contributed by atoms with E-state index in [1.807, 2.05) is 60.5 Å². The van der Waals surface area contributed by atoms with E-state index < -0.39 is 11.6 Å². The Labute approximate surface area is 182 Å². The quantitative estimate of drug-likeness (QED) is 0.431. The van der Waals surface area contributed by atoms with Crippen molar-refractivity contribution in [3.63, 3.8) is 0 Å². The van der Waals surface area contributed by atoms with Crippen LogP contribution in [-0.4, -0.2) is 28.3 Å². The molecule has 2 heterocycles. The highest BCUT2D eigenvalue weighted by Crippen LogP contribution is 2.51. The third-order valence-corrected chi connectivity index (χ3v) is 5.99. The number of aromatic nitrogens is 2. The summed E-state index contributed by atoms with van der Waals surface area (Å²) in [5, 5.41) is 2.43. The highest BCUT2D eigenvalue weighted by molar-refractivity contribution is 5.87. The minimum Gasteiger partial charge on any atom is -0.464 e. The fourth-order valence-electron chi connectivity index (χ4n) is 4.59. The molecule has 0 aliphatic carbocycles. The molecule has 6 heteroatoms. The number of nitrogens with zero attached hydrogens (tertiary/aromatic N) is 3. The van der Waals surface area contributed by atoms with E-state index >= 15 is 0 Å². The molecule has 3 aromatic rings. The van der Waals surface area contributed by atoms with Crippen molar-refractivity contribution < 1.29 is 9.53 Å². The first kappa shape index (κ1) is 21.1. The molecule has 31 heavy (non-hydrogen) atoms. The highest BCUT2D eigenvalue weighted by atomic mass is 16.5. The van der Waals surface area contributed by atoms with E-state index in [2.05, 4.69) is 13.8 Å². The Hall–Kier alpha value is -3.15. The number of ether oxygens (including phenoxy) is 1. The number of hydrogen-bond donors (Lipinski definition) is 0. The summed E-state index contributed by atoms with van der Waals surface area (Å²) in [7, 11) is 0. The van der Waals surface area contributed by atoms with Crippen molar-refractivity contribution in [1.29, 1.82) is 0 Å². The molecular formula is C25H29N3O3. The SMILES string of the molecule is CCOC(=O)[C@@H]1N(n2c(CC(C)C)nc3ccccc3c2=O)[C@@]1(CC)c1ccccc1. The number of fused-ring (bicyclic) bond motifs is 1. The maximum atomic E-state index is 13.7. The molecule has 1 fully saturated rings. The van der Waals surface area contributed by atoms with Crippen molar-refractivity contribution in [3.8, 4) is 0 Å². The molecule has 4 rings (SSSR count). The van der Waals surface area contributed by atoms with Crippen LogP contribution in [0.2, 0.25) is 0 Å². The Bertz CT molecular complexity index is 1160. The molecule has 0 spiro atoms. The second-order valence-corrected chi connectivity index (χ2v) is 8.40. The summed E-state index contributed by atoms with van der Waals surface area (Å²) in [5.41, 5.74) is 0.872. The lowest BCUT2D eigenvalue weighted by molar-refractivity contribution is -0.142. The molecule has 1 aliphatic heterocycles. The normalized spacial score (nSPS) is 20.3. The Balaban J connectivity index is 1.97. The van der Waals surface area contributed by atoms with Gasteiger partial charge in [0.15, 0.2) is 6.04 Å². The van der Waals surface area contributed by atoms with Gasteiger partial charge < -0.3 is 4.74 Å². The third-order valence-electron chi connectivity index (χ3n) is 5.99. The van der Waals surface area contributed by atoms with Crippen LogP contribution in [0.3, 0.4) is 0 Å². The molecule has 2 aromatic carbocycles.